The first-order valence-corrected chi connectivity index (χ1v) is 6.91. The van der Waals surface area contributed by atoms with Crippen LogP contribution in [0.5, 0.6) is 0 Å². The SMILES string of the molecule is CCCC(O)CNC(=O)C1(c2ccc(N)cc2)CC1. The number of hydrogen-bond acceptors (Lipinski definition) is 3. The van der Waals surface area contributed by atoms with Gasteiger partial charge in [0.2, 0.25) is 5.91 Å². The minimum Gasteiger partial charge on any atom is -0.399 e. The molecule has 1 amide bonds. The molecule has 0 aliphatic heterocycles. The Morgan fingerprint density at radius 3 is 2.58 bits per heavy atom. The molecule has 1 aliphatic carbocycles. The summed E-state index contributed by atoms with van der Waals surface area (Å²) in [6.07, 6.45) is 2.92. The molecular weight excluding hydrogens is 240 g/mol. The monoisotopic (exact) mass is 262 g/mol. The summed E-state index contributed by atoms with van der Waals surface area (Å²) in [5, 5.41) is 12.5. The van der Waals surface area contributed by atoms with Crippen molar-refractivity contribution in [3.05, 3.63) is 29.8 Å². The fourth-order valence-electron chi connectivity index (χ4n) is 2.39. The van der Waals surface area contributed by atoms with Crippen LogP contribution in [0.3, 0.4) is 0 Å². The van der Waals surface area contributed by atoms with E-state index < -0.39 is 6.10 Å². The summed E-state index contributed by atoms with van der Waals surface area (Å²) in [4.78, 5) is 12.3. The Balaban J connectivity index is 1.96. The molecule has 4 N–H and O–H groups in total. The zero-order chi connectivity index (χ0) is 13.9. The third-order valence-corrected chi connectivity index (χ3v) is 3.77. The first kappa shape index (κ1) is 13.9. The van der Waals surface area contributed by atoms with Crippen molar-refractivity contribution in [3.63, 3.8) is 0 Å². The van der Waals surface area contributed by atoms with Crippen molar-refractivity contribution < 1.29 is 9.90 Å². The molecule has 19 heavy (non-hydrogen) atoms. The lowest BCUT2D eigenvalue weighted by molar-refractivity contribution is -0.124. The van der Waals surface area contributed by atoms with Gasteiger partial charge in [-0.25, -0.2) is 0 Å². The molecular formula is C15H22N2O2. The molecule has 0 saturated heterocycles. The Labute approximate surface area is 114 Å². The van der Waals surface area contributed by atoms with Gasteiger partial charge in [0.05, 0.1) is 11.5 Å². The Hall–Kier alpha value is -1.55. The maximum atomic E-state index is 12.3. The van der Waals surface area contributed by atoms with E-state index in [2.05, 4.69) is 5.32 Å². The summed E-state index contributed by atoms with van der Waals surface area (Å²) in [6.45, 7) is 2.35. The van der Waals surface area contributed by atoms with E-state index in [0.717, 1.165) is 31.2 Å². The minimum absolute atomic E-state index is 0.0208. The highest BCUT2D eigenvalue weighted by Crippen LogP contribution is 2.48. The molecule has 0 aromatic heterocycles. The lowest BCUT2D eigenvalue weighted by atomic mass is 9.94. The Morgan fingerprint density at radius 2 is 2.05 bits per heavy atom. The largest absolute Gasteiger partial charge is 0.399 e. The Kier molecular flexibility index (Phi) is 4.10. The Morgan fingerprint density at radius 1 is 1.42 bits per heavy atom. The van der Waals surface area contributed by atoms with Crippen LogP contribution in [0.2, 0.25) is 0 Å². The summed E-state index contributed by atoms with van der Waals surface area (Å²) in [5.74, 6) is 0.0208. The van der Waals surface area contributed by atoms with Crippen LogP contribution in [0.4, 0.5) is 5.69 Å². The molecule has 1 aliphatic rings. The van der Waals surface area contributed by atoms with E-state index >= 15 is 0 Å². The number of benzene rings is 1. The van der Waals surface area contributed by atoms with Crippen LogP contribution in [0.15, 0.2) is 24.3 Å². The molecule has 1 saturated carbocycles. The summed E-state index contributed by atoms with van der Waals surface area (Å²) in [6, 6.07) is 7.50. The van der Waals surface area contributed by atoms with E-state index in [9.17, 15) is 9.90 Å². The van der Waals surface area contributed by atoms with Gasteiger partial charge in [0.25, 0.3) is 0 Å². The predicted molar refractivity (Wildman–Crippen MR) is 75.7 cm³/mol. The zero-order valence-electron chi connectivity index (χ0n) is 11.4. The van der Waals surface area contributed by atoms with E-state index in [0.29, 0.717) is 12.2 Å². The quantitative estimate of drug-likeness (QED) is 0.681. The van der Waals surface area contributed by atoms with E-state index in [1.165, 1.54) is 0 Å². The number of nitrogens with one attached hydrogen (secondary N) is 1. The number of nitrogen functional groups attached to an aromatic ring is 1. The Bertz CT molecular complexity index is 438. The minimum atomic E-state index is -0.448. The third kappa shape index (κ3) is 3.07. The van der Waals surface area contributed by atoms with Gasteiger partial charge in [0.1, 0.15) is 0 Å². The van der Waals surface area contributed by atoms with E-state index in [-0.39, 0.29) is 11.3 Å². The number of rotatable bonds is 6. The second-order valence-corrected chi connectivity index (χ2v) is 5.36. The van der Waals surface area contributed by atoms with Crippen molar-refractivity contribution in [1.82, 2.24) is 5.32 Å². The molecule has 1 fully saturated rings. The van der Waals surface area contributed by atoms with Crippen molar-refractivity contribution in [2.24, 2.45) is 0 Å². The molecule has 0 spiro atoms. The van der Waals surface area contributed by atoms with Crippen LogP contribution < -0.4 is 11.1 Å². The molecule has 0 bridgehead atoms. The number of aliphatic hydroxyl groups is 1. The third-order valence-electron chi connectivity index (χ3n) is 3.77. The summed E-state index contributed by atoms with van der Waals surface area (Å²) in [7, 11) is 0. The number of amides is 1. The van der Waals surface area contributed by atoms with E-state index in [1.807, 2.05) is 31.2 Å². The number of anilines is 1. The molecule has 1 aromatic rings. The fraction of sp³-hybridized carbons (Fsp3) is 0.533. The highest BCUT2D eigenvalue weighted by Gasteiger charge is 2.51. The average molecular weight is 262 g/mol. The van der Waals surface area contributed by atoms with Crippen molar-refractivity contribution in [3.8, 4) is 0 Å². The zero-order valence-corrected chi connectivity index (χ0v) is 11.4. The maximum absolute atomic E-state index is 12.3. The van der Waals surface area contributed by atoms with E-state index in [4.69, 9.17) is 5.73 Å². The first-order valence-electron chi connectivity index (χ1n) is 6.91. The second kappa shape index (κ2) is 5.61. The molecule has 1 unspecified atom stereocenters. The highest BCUT2D eigenvalue weighted by atomic mass is 16.3. The van der Waals surface area contributed by atoms with Crippen molar-refractivity contribution >= 4 is 11.6 Å². The number of nitrogens with two attached hydrogens (primary N) is 1. The lowest BCUT2D eigenvalue weighted by Gasteiger charge is -2.17. The second-order valence-electron chi connectivity index (χ2n) is 5.36. The molecule has 0 heterocycles. The van der Waals surface area contributed by atoms with Gasteiger partial charge in [0, 0.05) is 12.2 Å². The van der Waals surface area contributed by atoms with E-state index in [1.54, 1.807) is 0 Å². The van der Waals surface area contributed by atoms with Gasteiger partial charge in [-0.05, 0) is 37.0 Å². The molecule has 1 atom stereocenters. The molecule has 4 nitrogen and oxygen atoms in total. The van der Waals surface area contributed by atoms with Gasteiger partial charge in [-0.15, -0.1) is 0 Å². The standard InChI is InChI=1S/C15H22N2O2/c1-2-3-13(18)10-17-14(19)15(8-9-15)11-4-6-12(16)7-5-11/h4-7,13,18H,2-3,8-10,16H2,1H3,(H,17,19). The predicted octanol–water partition coefficient (Wildman–Crippen LogP) is 1.58. The van der Waals surface area contributed by atoms with Gasteiger partial charge >= 0.3 is 0 Å². The van der Waals surface area contributed by atoms with Crippen LogP contribution >= 0.6 is 0 Å². The molecule has 104 valence electrons. The van der Waals surface area contributed by atoms with Crippen LogP contribution in [0, 0.1) is 0 Å². The van der Waals surface area contributed by atoms with Crippen LogP contribution in [0.1, 0.15) is 38.2 Å². The number of hydrogen-bond donors (Lipinski definition) is 3. The van der Waals surface area contributed by atoms with Crippen molar-refractivity contribution in [1.29, 1.82) is 0 Å². The number of carbonyl (C=O) groups is 1. The first-order chi connectivity index (χ1) is 9.08. The van der Waals surface area contributed by atoms with Crippen LogP contribution in [-0.4, -0.2) is 23.7 Å². The molecule has 1 aromatic carbocycles. The normalized spacial score (nSPS) is 17.8. The lowest BCUT2D eigenvalue weighted by Crippen LogP contribution is -2.39. The fourth-order valence-corrected chi connectivity index (χ4v) is 2.39. The molecule has 4 heteroatoms. The van der Waals surface area contributed by atoms with Gasteiger partial charge in [-0.2, -0.15) is 0 Å². The van der Waals surface area contributed by atoms with Gasteiger partial charge in [-0.3, -0.25) is 4.79 Å². The summed E-state index contributed by atoms with van der Waals surface area (Å²) >= 11 is 0. The average Bonchev–Trinajstić information content (AvgIpc) is 3.19. The van der Waals surface area contributed by atoms with Crippen molar-refractivity contribution in [2.75, 3.05) is 12.3 Å². The maximum Gasteiger partial charge on any atom is 0.230 e. The molecule has 2 rings (SSSR count). The summed E-state index contributed by atoms with van der Waals surface area (Å²) < 4.78 is 0. The highest BCUT2D eigenvalue weighted by molar-refractivity contribution is 5.91. The van der Waals surface area contributed by atoms with Gasteiger partial charge in [-0.1, -0.05) is 25.5 Å². The number of carbonyl (C=O) groups excluding carboxylic acids is 1. The van der Waals surface area contributed by atoms with Crippen LogP contribution in [-0.2, 0) is 10.2 Å². The van der Waals surface area contributed by atoms with Crippen LogP contribution in [0.25, 0.3) is 0 Å². The van der Waals surface area contributed by atoms with Gasteiger partial charge in [0.15, 0.2) is 0 Å². The number of aliphatic hydroxyl groups excluding tert-OH is 1. The molecule has 0 radical (unpaired) electrons. The smallest absolute Gasteiger partial charge is 0.230 e. The van der Waals surface area contributed by atoms with Crippen molar-refractivity contribution in [2.45, 2.75) is 44.1 Å². The van der Waals surface area contributed by atoms with Gasteiger partial charge < -0.3 is 16.2 Å². The summed E-state index contributed by atoms with van der Waals surface area (Å²) in [5.41, 5.74) is 7.00. The topological polar surface area (TPSA) is 75.3 Å².